The highest BCUT2D eigenvalue weighted by molar-refractivity contribution is 5.79. The number of likely N-dealkylation sites (N-methyl/N-ethyl adjacent to an activating group) is 1. The Morgan fingerprint density at radius 1 is 1.25 bits per heavy atom. The van der Waals surface area contributed by atoms with E-state index in [1.165, 1.54) is 0 Å². The second-order valence-electron chi connectivity index (χ2n) is 5.99. The van der Waals surface area contributed by atoms with Gasteiger partial charge in [-0.3, -0.25) is 4.79 Å². The molecule has 1 aliphatic carbocycles. The number of carbonyl (C=O) groups excluding carboxylic acids is 1. The van der Waals surface area contributed by atoms with E-state index in [0.717, 1.165) is 19.4 Å². The number of nitrogens with zero attached hydrogens (tertiary/aromatic N) is 1. The Morgan fingerprint density at radius 2 is 2.00 bits per heavy atom. The lowest BCUT2D eigenvalue weighted by Crippen LogP contribution is -2.45. The summed E-state index contributed by atoms with van der Waals surface area (Å²) in [5.41, 5.74) is 0. The van der Waals surface area contributed by atoms with Gasteiger partial charge in [-0.05, 0) is 39.2 Å². The topological polar surface area (TPSA) is 32.3 Å². The summed E-state index contributed by atoms with van der Waals surface area (Å²) < 4.78 is 38.5. The number of alkyl halides is 3. The molecule has 0 aromatic heterocycles. The number of hydrogen-bond acceptors (Lipinski definition) is 2. The molecule has 116 valence electrons. The predicted octanol–water partition coefficient (Wildman–Crippen LogP) is 2.57. The molecule has 3 unspecified atom stereocenters. The molecular formula is C14H23F3N2O. The Bertz CT molecular complexity index is 346. The molecule has 0 aromatic rings. The van der Waals surface area contributed by atoms with Crippen LogP contribution in [0.5, 0.6) is 0 Å². The van der Waals surface area contributed by atoms with Crippen LogP contribution in [-0.2, 0) is 4.79 Å². The minimum Gasteiger partial charge on any atom is -0.338 e. The molecule has 3 nitrogen and oxygen atoms in total. The average molecular weight is 292 g/mol. The minimum absolute atomic E-state index is 0.0227. The fraction of sp³-hybridized carbons (Fsp3) is 0.929. The number of amides is 1. The maximum absolute atomic E-state index is 12.8. The molecule has 0 bridgehead atoms. The van der Waals surface area contributed by atoms with E-state index in [0.29, 0.717) is 19.4 Å². The number of hydrogen-bond donors (Lipinski definition) is 1. The molecule has 2 aliphatic rings. The van der Waals surface area contributed by atoms with Crippen molar-refractivity contribution < 1.29 is 18.0 Å². The highest BCUT2D eigenvalue weighted by atomic mass is 19.4. The summed E-state index contributed by atoms with van der Waals surface area (Å²) in [7, 11) is 1.83. The van der Waals surface area contributed by atoms with Crippen molar-refractivity contribution in [2.45, 2.75) is 50.7 Å². The summed E-state index contributed by atoms with van der Waals surface area (Å²) in [5.74, 6) is -1.79. The first kappa shape index (κ1) is 15.6. The van der Waals surface area contributed by atoms with E-state index in [-0.39, 0.29) is 24.8 Å². The summed E-state index contributed by atoms with van der Waals surface area (Å²) in [6, 6.07) is 0.152. The summed E-state index contributed by atoms with van der Waals surface area (Å²) in [6.45, 7) is 1.42. The fourth-order valence-corrected chi connectivity index (χ4v) is 3.52. The number of rotatable bonds is 3. The van der Waals surface area contributed by atoms with Crippen molar-refractivity contribution in [1.82, 2.24) is 10.2 Å². The van der Waals surface area contributed by atoms with Crippen molar-refractivity contribution in [3.8, 4) is 0 Å². The summed E-state index contributed by atoms with van der Waals surface area (Å²) in [4.78, 5) is 14.3. The van der Waals surface area contributed by atoms with Crippen molar-refractivity contribution in [3.05, 3.63) is 0 Å². The molecule has 0 spiro atoms. The molecule has 2 rings (SSSR count). The molecule has 1 saturated heterocycles. The number of halogens is 3. The lowest BCUT2D eigenvalue weighted by molar-refractivity contribution is -0.187. The first-order valence-corrected chi connectivity index (χ1v) is 7.45. The molecule has 1 amide bonds. The molecule has 20 heavy (non-hydrogen) atoms. The third-order valence-corrected chi connectivity index (χ3v) is 4.59. The molecule has 0 radical (unpaired) electrons. The van der Waals surface area contributed by atoms with Crippen molar-refractivity contribution in [2.75, 3.05) is 20.1 Å². The van der Waals surface area contributed by atoms with Gasteiger partial charge in [0.15, 0.2) is 0 Å². The van der Waals surface area contributed by atoms with Gasteiger partial charge in [0, 0.05) is 25.0 Å². The Balaban J connectivity index is 1.98. The Morgan fingerprint density at radius 3 is 2.65 bits per heavy atom. The van der Waals surface area contributed by atoms with E-state index in [1.54, 1.807) is 4.90 Å². The molecule has 1 heterocycles. The van der Waals surface area contributed by atoms with Gasteiger partial charge in [0.1, 0.15) is 0 Å². The standard InChI is InChI=1S/C14H23F3N2O/c1-18-9-12-6-3-7-19(12)13(20)10-4-2-5-11(8-10)14(15,16)17/h10-12,18H,2-9H2,1H3. The predicted molar refractivity (Wildman–Crippen MR) is 70.2 cm³/mol. The largest absolute Gasteiger partial charge is 0.391 e. The normalized spacial score (nSPS) is 31.6. The molecule has 6 heteroatoms. The van der Waals surface area contributed by atoms with Crippen LogP contribution in [-0.4, -0.2) is 43.2 Å². The lowest BCUT2D eigenvalue weighted by Gasteiger charge is -2.34. The molecular weight excluding hydrogens is 269 g/mol. The highest BCUT2D eigenvalue weighted by Crippen LogP contribution is 2.40. The molecule has 1 saturated carbocycles. The lowest BCUT2D eigenvalue weighted by atomic mass is 9.80. The third-order valence-electron chi connectivity index (χ3n) is 4.59. The maximum atomic E-state index is 12.8. The van der Waals surface area contributed by atoms with Crippen molar-refractivity contribution in [1.29, 1.82) is 0 Å². The van der Waals surface area contributed by atoms with E-state index in [2.05, 4.69) is 5.32 Å². The van der Waals surface area contributed by atoms with Crippen LogP contribution in [0, 0.1) is 11.8 Å². The Hall–Kier alpha value is -0.780. The zero-order valence-electron chi connectivity index (χ0n) is 11.9. The maximum Gasteiger partial charge on any atom is 0.391 e. The van der Waals surface area contributed by atoms with Gasteiger partial charge >= 0.3 is 6.18 Å². The SMILES string of the molecule is CNCC1CCCN1C(=O)C1CCCC(C(F)(F)F)C1. The van der Waals surface area contributed by atoms with Crippen LogP contribution in [0.2, 0.25) is 0 Å². The third kappa shape index (κ3) is 3.45. The summed E-state index contributed by atoms with van der Waals surface area (Å²) in [5, 5.41) is 3.06. The van der Waals surface area contributed by atoms with Crippen molar-refractivity contribution in [3.63, 3.8) is 0 Å². The van der Waals surface area contributed by atoms with Crippen LogP contribution in [0.4, 0.5) is 13.2 Å². The smallest absolute Gasteiger partial charge is 0.338 e. The second-order valence-corrected chi connectivity index (χ2v) is 5.99. The average Bonchev–Trinajstić information content (AvgIpc) is 2.86. The summed E-state index contributed by atoms with van der Waals surface area (Å²) in [6.07, 6.45) is -0.999. The van der Waals surface area contributed by atoms with Crippen LogP contribution < -0.4 is 5.32 Å². The monoisotopic (exact) mass is 292 g/mol. The number of likely N-dealkylation sites (tertiary alicyclic amines) is 1. The first-order chi connectivity index (χ1) is 9.43. The van der Waals surface area contributed by atoms with Gasteiger partial charge in [-0.25, -0.2) is 0 Å². The quantitative estimate of drug-likeness (QED) is 0.867. The Kier molecular flexibility index (Phi) is 4.94. The van der Waals surface area contributed by atoms with Gasteiger partial charge in [0.25, 0.3) is 0 Å². The number of nitrogens with one attached hydrogen (secondary N) is 1. The van der Waals surface area contributed by atoms with Crippen LogP contribution >= 0.6 is 0 Å². The second kappa shape index (κ2) is 6.33. The van der Waals surface area contributed by atoms with Crippen molar-refractivity contribution >= 4 is 5.91 Å². The highest BCUT2D eigenvalue weighted by Gasteiger charge is 2.45. The van der Waals surface area contributed by atoms with E-state index in [9.17, 15) is 18.0 Å². The molecule has 1 aliphatic heterocycles. The fourth-order valence-electron chi connectivity index (χ4n) is 3.52. The van der Waals surface area contributed by atoms with Crippen LogP contribution in [0.25, 0.3) is 0 Å². The first-order valence-electron chi connectivity index (χ1n) is 7.45. The van der Waals surface area contributed by atoms with E-state index in [1.807, 2.05) is 7.05 Å². The van der Waals surface area contributed by atoms with Crippen LogP contribution in [0.3, 0.4) is 0 Å². The van der Waals surface area contributed by atoms with Crippen LogP contribution in [0.15, 0.2) is 0 Å². The zero-order valence-corrected chi connectivity index (χ0v) is 11.9. The molecule has 1 N–H and O–H groups in total. The van der Waals surface area contributed by atoms with E-state index < -0.39 is 18.0 Å². The number of carbonyl (C=O) groups is 1. The van der Waals surface area contributed by atoms with Crippen molar-refractivity contribution in [2.24, 2.45) is 11.8 Å². The zero-order chi connectivity index (χ0) is 14.8. The summed E-state index contributed by atoms with van der Waals surface area (Å²) >= 11 is 0. The van der Waals surface area contributed by atoms with E-state index >= 15 is 0 Å². The molecule has 2 fully saturated rings. The van der Waals surface area contributed by atoms with Gasteiger partial charge in [0.05, 0.1) is 5.92 Å². The van der Waals surface area contributed by atoms with E-state index in [4.69, 9.17) is 0 Å². The molecule has 3 atom stereocenters. The van der Waals surface area contributed by atoms with Gasteiger partial charge < -0.3 is 10.2 Å². The Labute approximate surface area is 117 Å². The molecule has 0 aromatic carbocycles. The van der Waals surface area contributed by atoms with Gasteiger partial charge in [-0.15, -0.1) is 0 Å². The van der Waals surface area contributed by atoms with Gasteiger partial charge in [-0.1, -0.05) is 6.42 Å². The van der Waals surface area contributed by atoms with Gasteiger partial charge in [0.2, 0.25) is 5.91 Å². The van der Waals surface area contributed by atoms with Crippen LogP contribution in [0.1, 0.15) is 38.5 Å². The minimum atomic E-state index is -4.16. The van der Waals surface area contributed by atoms with Gasteiger partial charge in [-0.2, -0.15) is 13.2 Å².